The Hall–Kier alpha value is -1.28. The quantitative estimate of drug-likeness (QED) is 0.700. The molecule has 0 saturated heterocycles. The lowest BCUT2D eigenvalue weighted by atomic mass is 9.96. The first-order valence-corrected chi connectivity index (χ1v) is 7.43. The zero-order valence-electron chi connectivity index (χ0n) is 12.3. The van der Waals surface area contributed by atoms with E-state index in [4.69, 9.17) is 0 Å². The average Bonchev–Trinajstić information content (AvgIpc) is 2.72. The first-order valence-electron chi connectivity index (χ1n) is 7.43. The molecule has 2 heteroatoms. The number of hydrogen-bond acceptors (Lipinski definition) is 1. The van der Waals surface area contributed by atoms with Gasteiger partial charge >= 0.3 is 0 Å². The van der Waals surface area contributed by atoms with Crippen LogP contribution in [-0.4, -0.2) is 29.6 Å². The number of fused-ring (bicyclic) bond motifs is 3. The third-order valence-electron chi connectivity index (χ3n) is 4.65. The Balaban J connectivity index is 2.17. The summed E-state index contributed by atoms with van der Waals surface area (Å²) in [5.41, 5.74) is 4.54. The summed E-state index contributed by atoms with van der Waals surface area (Å²) in [6, 6.07) is 8.87. The van der Waals surface area contributed by atoms with E-state index in [1.807, 2.05) is 0 Å². The van der Waals surface area contributed by atoms with Gasteiger partial charge in [-0.3, -0.25) is 0 Å². The molecule has 1 aliphatic heterocycles. The van der Waals surface area contributed by atoms with Crippen molar-refractivity contribution in [2.24, 2.45) is 7.05 Å². The molecule has 1 unspecified atom stereocenters. The first-order chi connectivity index (χ1) is 9.18. The molecule has 3 rings (SSSR count). The number of aryl methyl sites for hydroxylation is 1. The van der Waals surface area contributed by atoms with Crippen molar-refractivity contribution in [2.75, 3.05) is 20.1 Å². The second-order valence-electron chi connectivity index (χ2n) is 6.04. The SMILES string of the molecule is CC1CCCN(C)CCc2c1n(C)c1ccccc21. The molecule has 0 amide bonds. The summed E-state index contributed by atoms with van der Waals surface area (Å²) in [6.07, 6.45) is 3.78. The molecule has 2 nitrogen and oxygen atoms in total. The van der Waals surface area contributed by atoms with Crippen LogP contribution >= 0.6 is 0 Å². The summed E-state index contributed by atoms with van der Waals surface area (Å²) in [7, 11) is 4.49. The van der Waals surface area contributed by atoms with Crippen LogP contribution in [0.3, 0.4) is 0 Å². The molecule has 0 radical (unpaired) electrons. The van der Waals surface area contributed by atoms with Crippen LogP contribution < -0.4 is 0 Å². The third-order valence-corrected chi connectivity index (χ3v) is 4.65. The summed E-state index contributed by atoms with van der Waals surface area (Å²) >= 11 is 0. The van der Waals surface area contributed by atoms with Crippen molar-refractivity contribution in [2.45, 2.75) is 32.1 Å². The number of likely N-dealkylation sites (N-methyl/N-ethyl adjacent to an activating group) is 1. The van der Waals surface area contributed by atoms with Crippen molar-refractivity contribution in [3.8, 4) is 0 Å². The molecule has 1 aromatic carbocycles. The lowest BCUT2D eigenvalue weighted by Gasteiger charge is -2.15. The molecule has 0 aliphatic carbocycles. The van der Waals surface area contributed by atoms with Gasteiger partial charge in [-0.25, -0.2) is 0 Å². The molecular weight excluding hydrogens is 232 g/mol. The van der Waals surface area contributed by atoms with E-state index >= 15 is 0 Å². The van der Waals surface area contributed by atoms with Gasteiger partial charge < -0.3 is 9.47 Å². The largest absolute Gasteiger partial charge is 0.347 e. The van der Waals surface area contributed by atoms with Gasteiger partial charge in [-0.2, -0.15) is 0 Å². The van der Waals surface area contributed by atoms with Crippen molar-refractivity contribution in [1.82, 2.24) is 9.47 Å². The molecule has 2 aromatic rings. The Morgan fingerprint density at radius 3 is 2.74 bits per heavy atom. The fourth-order valence-electron chi connectivity index (χ4n) is 3.60. The molecule has 2 heterocycles. The molecule has 1 aliphatic rings. The van der Waals surface area contributed by atoms with Gasteiger partial charge in [0.25, 0.3) is 0 Å². The summed E-state index contributed by atoms with van der Waals surface area (Å²) in [4.78, 5) is 2.48. The minimum Gasteiger partial charge on any atom is -0.347 e. The Morgan fingerprint density at radius 1 is 1.11 bits per heavy atom. The Labute approximate surface area is 116 Å². The first kappa shape index (κ1) is 12.7. The third kappa shape index (κ3) is 2.18. The minimum atomic E-state index is 0.666. The van der Waals surface area contributed by atoms with Crippen LogP contribution in [0.15, 0.2) is 24.3 Å². The van der Waals surface area contributed by atoms with Crippen molar-refractivity contribution < 1.29 is 0 Å². The highest BCUT2D eigenvalue weighted by Gasteiger charge is 2.21. The van der Waals surface area contributed by atoms with Gasteiger partial charge in [0, 0.05) is 30.2 Å². The van der Waals surface area contributed by atoms with Gasteiger partial charge in [-0.05, 0) is 50.4 Å². The zero-order valence-corrected chi connectivity index (χ0v) is 12.3. The van der Waals surface area contributed by atoms with Crippen molar-refractivity contribution in [3.05, 3.63) is 35.5 Å². The lowest BCUT2D eigenvalue weighted by molar-refractivity contribution is 0.331. The molecule has 0 spiro atoms. The molecule has 0 saturated carbocycles. The van der Waals surface area contributed by atoms with Crippen LogP contribution in [0, 0.1) is 0 Å². The fraction of sp³-hybridized carbons (Fsp3) is 0.529. The Kier molecular flexibility index (Phi) is 3.36. The number of nitrogens with zero attached hydrogens (tertiary/aromatic N) is 2. The van der Waals surface area contributed by atoms with Gasteiger partial charge in [0.1, 0.15) is 0 Å². The second-order valence-corrected chi connectivity index (χ2v) is 6.04. The van der Waals surface area contributed by atoms with Crippen molar-refractivity contribution in [3.63, 3.8) is 0 Å². The smallest absolute Gasteiger partial charge is 0.0482 e. The maximum atomic E-state index is 2.48. The van der Waals surface area contributed by atoms with Crippen LogP contribution in [0.5, 0.6) is 0 Å². The highest BCUT2D eigenvalue weighted by Crippen LogP contribution is 2.33. The zero-order chi connectivity index (χ0) is 13.4. The van der Waals surface area contributed by atoms with E-state index in [-0.39, 0.29) is 0 Å². The van der Waals surface area contributed by atoms with E-state index in [1.54, 1.807) is 11.3 Å². The monoisotopic (exact) mass is 256 g/mol. The maximum absolute atomic E-state index is 2.48. The molecule has 0 bridgehead atoms. The van der Waals surface area contributed by atoms with Crippen molar-refractivity contribution in [1.29, 1.82) is 0 Å². The molecular formula is C17H24N2. The van der Waals surface area contributed by atoms with Crippen LogP contribution in [0.4, 0.5) is 0 Å². The Bertz CT molecular complexity index is 582. The second kappa shape index (κ2) is 5.01. The van der Waals surface area contributed by atoms with Crippen LogP contribution in [0.25, 0.3) is 10.9 Å². The Morgan fingerprint density at radius 2 is 1.89 bits per heavy atom. The molecule has 0 fully saturated rings. The topological polar surface area (TPSA) is 8.17 Å². The average molecular weight is 256 g/mol. The van der Waals surface area contributed by atoms with Gasteiger partial charge in [-0.1, -0.05) is 25.1 Å². The molecule has 1 aromatic heterocycles. The van der Waals surface area contributed by atoms with E-state index in [0.717, 1.165) is 0 Å². The summed E-state index contributed by atoms with van der Waals surface area (Å²) in [6.45, 7) is 4.80. The lowest BCUT2D eigenvalue weighted by Crippen LogP contribution is -2.21. The minimum absolute atomic E-state index is 0.666. The summed E-state index contributed by atoms with van der Waals surface area (Å²) in [5.74, 6) is 0.666. The van der Waals surface area contributed by atoms with Crippen LogP contribution in [-0.2, 0) is 13.5 Å². The summed E-state index contributed by atoms with van der Waals surface area (Å²) in [5, 5.41) is 1.46. The number of rotatable bonds is 0. The summed E-state index contributed by atoms with van der Waals surface area (Å²) < 4.78 is 2.43. The highest BCUT2D eigenvalue weighted by molar-refractivity contribution is 5.85. The van der Waals surface area contributed by atoms with E-state index in [2.05, 4.69) is 54.8 Å². The molecule has 0 N–H and O–H groups in total. The van der Waals surface area contributed by atoms with Crippen LogP contribution in [0.1, 0.15) is 36.9 Å². The fourth-order valence-corrected chi connectivity index (χ4v) is 3.60. The van der Waals surface area contributed by atoms with Crippen LogP contribution in [0.2, 0.25) is 0 Å². The van der Waals surface area contributed by atoms with Gasteiger partial charge in [-0.15, -0.1) is 0 Å². The number of aromatic nitrogens is 1. The maximum Gasteiger partial charge on any atom is 0.0482 e. The van der Waals surface area contributed by atoms with E-state index in [9.17, 15) is 0 Å². The number of hydrogen-bond donors (Lipinski definition) is 0. The number of para-hydroxylation sites is 1. The molecule has 19 heavy (non-hydrogen) atoms. The predicted molar refractivity (Wildman–Crippen MR) is 81.8 cm³/mol. The van der Waals surface area contributed by atoms with Crippen molar-refractivity contribution >= 4 is 10.9 Å². The van der Waals surface area contributed by atoms with Gasteiger partial charge in [0.2, 0.25) is 0 Å². The molecule has 102 valence electrons. The van der Waals surface area contributed by atoms with E-state index < -0.39 is 0 Å². The molecule has 1 atom stereocenters. The highest BCUT2D eigenvalue weighted by atomic mass is 15.1. The normalized spacial score (nSPS) is 21.7. The van der Waals surface area contributed by atoms with E-state index in [0.29, 0.717) is 5.92 Å². The van der Waals surface area contributed by atoms with Gasteiger partial charge in [0.15, 0.2) is 0 Å². The number of benzene rings is 1. The standard InChI is InChI=1S/C17H24N2/c1-13-7-6-11-18(2)12-10-15-14-8-4-5-9-16(14)19(3)17(13)15/h4-5,8-9,13H,6-7,10-12H2,1-3H3. The predicted octanol–water partition coefficient (Wildman–Crippen LogP) is 3.55. The van der Waals surface area contributed by atoms with E-state index in [1.165, 1.54) is 43.3 Å². The van der Waals surface area contributed by atoms with Gasteiger partial charge in [0.05, 0.1) is 0 Å².